The topological polar surface area (TPSA) is 63.7 Å². The maximum atomic E-state index is 12.4. The number of likely N-dealkylation sites (N-methyl/N-ethyl adjacent to an activating group) is 1. The normalized spacial score (nSPS) is 10.4. The molecule has 0 spiro atoms. The van der Waals surface area contributed by atoms with E-state index in [1.54, 1.807) is 43.4 Å². The van der Waals surface area contributed by atoms with Crippen LogP contribution in [-0.2, 0) is 16.1 Å². The van der Waals surface area contributed by atoms with E-state index in [-0.39, 0.29) is 23.9 Å². The molecule has 0 atom stereocenters. The predicted molar refractivity (Wildman–Crippen MR) is 119 cm³/mol. The monoisotopic (exact) mass is 415 g/mol. The summed E-state index contributed by atoms with van der Waals surface area (Å²) in [5, 5.41) is 0. The Labute approximate surface area is 182 Å². The molecule has 5 heteroatoms. The van der Waals surface area contributed by atoms with Crippen LogP contribution in [-0.4, -0.2) is 36.2 Å². The van der Waals surface area contributed by atoms with Crippen molar-refractivity contribution in [2.24, 2.45) is 0 Å². The molecular weight excluding hydrogens is 390 g/mol. The maximum Gasteiger partial charge on any atom is 0.338 e. The molecule has 0 bridgehead atoms. The molecule has 0 heterocycles. The molecule has 0 saturated carbocycles. The number of hydrogen-bond acceptors (Lipinski definition) is 4. The largest absolute Gasteiger partial charge is 0.452 e. The van der Waals surface area contributed by atoms with Crippen molar-refractivity contribution in [1.29, 1.82) is 0 Å². The summed E-state index contributed by atoms with van der Waals surface area (Å²) in [5.74, 6) is -1.01. The summed E-state index contributed by atoms with van der Waals surface area (Å²) < 4.78 is 5.17. The first-order valence-corrected chi connectivity index (χ1v) is 10.0. The van der Waals surface area contributed by atoms with E-state index >= 15 is 0 Å². The minimum absolute atomic E-state index is 0.122. The molecule has 5 nitrogen and oxygen atoms in total. The van der Waals surface area contributed by atoms with E-state index in [2.05, 4.69) is 6.07 Å². The molecule has 0 aromatic heterocycles. The van der Waals surface area contributed by atoms with Gasteiger partial charge >= 0.3 is 5.97 Å². The predicted octanol–water partition coefficient (Wildman–Crippen LogP) is 4.35. The highest BCUT2D eigenvalue weighted by Gasteiger charge is 2.15. The second kappa shape index (κ2) is 9.85. The first-order valence-electron chi connectivity index (χ1n) is 10.0. The molecule has 1 amide bonds. The molecule has 3 rings (SSSR count). The van der Waals surface area contributed by atoms with E-state index in [0.717, 1.165) is 11.1 Å². The van der Waals surface area contributed by atoms with Gasteiger partial charge < -0.3 is 9.64 Å². The number of hydrogen-bond donors (Lipinski definition) is 0. The van der Waals surface area contributed by atoms with Crippen molar-refractivity contribution in [1.82, 2.24) is 4.90 Å². The Kier molecular flexibility index (Phi) is 6.98. The average molecular weight is 415 g/mol. The number of amides is 1. The van der Waals surface area contributed by atoms with Crippen molar-refractivity contribution in [2.75, 3.05) is 13.7 Å². The Morgan fingerprint density at radius 2 is 1.42 bits per heavy atom. The first-order chi connectivity index (χ1) is 14.8. The Morgan fingerprint density at radius 3 is 2.06 bits per heavy atom. The molecule has 0 fully saturated rings. The minimum atomic E-state index is -0.605. The van der Waals surface area contributed by atoms with Gasteiger partial charge in [0.25, 0.3) is 5.91 Å². The molecule has 0 aliphatic rings. The van der Waals surface area contributed by atoms with Gasteiger partial charge in [-0.3, -0.25) is 9.59 Å². The number of rotatable bonds is 7. The van der Waals surface area contributed by atoms with Crippen LogP contribution in [0.5, 0.6) is 0 Å². The number of benzene rings is 3. The molecule has 3 aromatic rings. The van der Waals surface area contributed by atoms with E-state index in [1.807, 2.05) is 32.0 Å². The van der Waals surface area contributed by atoms with E-state index in [9.17, 15) is 14.4 Å². The summed E-state index contributed by atoms with van der Waals surface area (Å²) in [6.07, 6.45) is 0. The van der Waals surface area contributed by atoms with Crippen molar-refractivity contribution < 1.29 is 19.1 Å². The summed E-state index contributed by atoms with van der Waals surface area (Å²) in [4.78, 5) is 38.6. The Hall–Kier alpha value is -3.73. The molecule has 3 aromatic carbocycles. The van der Waals surface area contributed by atoms with Crippen LogP contribution in [0.1, 0.15) is 43.0 Å². The lowest BCUT2D eigenvalue weighted by Gasteiger charge is -2.18. The number of ketones is 1. The van der Waals surface area contributed by atoms with Crippen LogP contribution in [0.25, 0.3) is 0 Å². The summed E-state index contributed by atoms with van der Waals surface area (Å²) in [5.41, 5.74) is 4.67. The standard InChI is InChI=1S/C26H25NO4/c1-18-9-10-23(19(2)15-18)16-27(3)24(28)17-31-26(30)22-13-11-21(12-14-22)25(29)20-7-5-4-6-8-20/h4-15H,16-17H2,1-3H3. The molecule has 0 aliphatic carbocycles. The van der Waals surface area contributed by atoms with Crippen LogP contribution >= 0.6 is 0 Å². The van der Waals surface area contributed by atoms with Gasteiger partial charge in [-0.2, -0.15) is 0 Å². The Balaban J connectivity index is 1.55. The third-order valence-electron chi connectivity index (χ3n) is 5.08. The fourth-order valence-corrected chi connectivity index (χ4v) is 3.20. The Bertz CT molecular complexity index is 1090. The zero-order valence-electron chi connectivity index (χ0n) is 17.9. The van der Waals surface area contributed by atoms with Crippen LogP contribution in [0.3, 0.4) is 0 Å². The van der Waals surface area contributed by atoms with Gasteiger partial charge in [0.1, 0.15) is 0 Å². The summed E-state index contributed by atoms with van der Waals surface area (Å²) >= 11 is 0. The minimum Gasteiger partial charge on any atom is -0.452 e. The highest BCUT2D eigenvalue weighted by Crippen LogP contribution is 2.14. The molecule has 158 valence electrons. The smallest absolute Gasteiger partial charge is 0.338 e. The second-order valence-electron chi connectivity index (χ2n) is 7.53. The number of carbonyl (C=O) groups is 3. The van der Waals surface area contributed by atoms with Gasteiger partial charge in [-0.15, -0.1) is 0 Å². The zero-order valence-corrected chi connectivity index (χ0v) is 17.9. The number of aryl methyl sites for hydroxylation is 2. The summed E-state index contributed by atoms with van der Waals surface area (Å²) in [6.45, 7) is 4.13. The van der Waals surface area contributed by atoms with Crippen LogP contribution < -0.4 is 0 Å². The zero-order chi connectivity index (χ0) is 22.4. The SMILES string of the molecule is Cc1ccc(CN(C)C(=O)COC(=O)c2ccc(C(=O)c3ccccc3)cc2)c(C)c1. The van der Waals surface area contributed by atoms with Gasteiger partial charge in [0.2, 0.25) is 0 Å². The average Bonchev–Trinajstić information content (AvgIpc) is 2.79. The summed E-state index contributed by atoms with van der Waals surface area (Å²) in [6, 6.07) is 21.2. The highest BCUT2D eigenvalue weighted by atomic mass is 16.5. The van der Waals surface area contributed by atoms with Crippen LogP contribution in [0.2, 0.25) is 0 Å². The summed E-state index contributed by atoms with van der Waals surface area (Å²) in [7, 11) is 1.68. The lowest BCUT2D eigenvalue weighted by Crippen LogP contribution is -2.31. The number of ether oxygens (including phenoxy) is 1. The van der Waals surface area contributed by atoms with E-state index in [0.29, 0.717) is 17.7 Å². The van der Waals surface area contributed by atoms with Crippen LogP contribution in [0, 0.1) is 13.8 Å². The van der Waals surface area contributed by atoms with Crippen LogP contribution in [0.4, 0.5) is 0 Å². The number of nitrogens with zero attached hydrogens (tertiary/aromatic N) is 1. The van der Waals surface area contributed by atoms with Crippen molar-refractivity contribution in [3.05, 3.63) is 106 Å². The van der Waals surface area contributed by atoms with Gasteiger partial charge in [-0.25, -0.2) is 4.79 Å². The quantitative estimate of drug-likeness (QED) is 0.425. The second-order valence-corrected chi connectivity index (χ2v) is 7.53. The van der Waals surface area contributed by atoms with E-state index in [1.165, 1.54) is 22.6 Å². The van der Waals surface area contributed by atoms with E-state index < -0.39 is 5.97 Å². The molecule has 0 unspecified atom stereocenters. The van der Waals surface area contributed by atoms with Gasteiger partial charge in [-0.05, 0) is 37.1 Å². The third kappa shape index (κ3) is 5.66. The lowest BCUT2D eigenvalue weighted by molar-refractivity contribution is -0.133. The third-order valence-corrected chi connectivity index (χ3v) is 5.08. The molecule has 0 aliphatic heterocycles. The van der Waals surface area contributed by atoms with Gasteiger partial charge in [-0.1, -0.05) is 66.2 Å². The molecule has 0 radical (unpaired) electrons. The Morgan fingerprint density at radius 1 is 0.806 bits per heavy atom. The van der Waals surface area contributed by atoms with Crippen molar-refractivity contribution in [3.8, 4) is 0 Å². The van der Waals surface area contributed by atoms with E-state index in [4.69, 9.17) is 4.74 Å². The fraction of sp³-hybridized carbons (Fsp3) is 0.192. The molecule has 0 saturated heterocycles. The van der Waals surface area contributed by atoms with Crippen molar-refractivity contribution in [3.63, 3.8) is 0 Å². The van der Waals surface area contributed by atoms with Gasteiger partial charge in [0, 0.05) is 24.7 Å². The fourth-order valence-electron chi connectivity index (χ4n) is 3.20. The van der Waals surface area contributed by atoms with Crippen molar-refractivity contribution in [2.45, 2.75) is 20.4 Å². The lowest BCUT2D eigenvalue weighted by atomic mass is 10.0. The number of esters is 1. The molecule has 0 N–H and O–H groups in total. The highest BCUT2D eigenvalue weighted by molar-refractivity contribution is 6.09. The van der Waals surface area contributed by atoms with Gasteiger partial charge in [0.15, 0.2) is 12.4 Å². The van der Waals surface area contributed by atoms with Crippen molar-refractivity contribution >= 4 is 17.7 Å². The molecule has 31 heavy (non-hydrogen) atoms. The first kappa shape index (κ1) is 22.0. The number of carbonyl (C=O) groups excluding carboxylic acids is 3. The van der Waals surface area contributed by atoms with Crippen LogP contribution in [0.15, 0.2) is 72.8 Å². The maximum absolute atomic E-state index is 12.4. The molecular formula is C26H25NO4. The van der Waals surface area contributed by atoms with Gasteiger partial charge in [0.05, 0.1) is 5.56 Å².